The van der Waals surface area contributed by atoms with E-state index in [4.69, 9.17) is 0 Å². The SMILES string of the molecule is CCn1ncc2cc([C@H]3CC[C@H](C)CN3)ccc21. The van der Waals surface area contributed by atoms with Crippen LogP contribution in [0.5, 0.6) is 0 Å². The van der Waals surface area contributed by atoms with E-state index in [1.54, 1.807) is 0 Å². The summed E-state index contributed by atoms with van der Waals surface area (Å²) in [5.74, 6) is 0.813. The van der Waals surface area contributed by atoms with Gasteiger partial charge in [0.2, 0.25) is 0 Å². The van der Waals surface area contributed by atoms with E-state index in [0.717, 1.165) is 19.0 Å². The third-order valence-electron chi connectivity index (χ3n) is 4.03. The maximum absolute atomic E-state index is 4.41. The lowest BCUT2D eigenvalue weighted by Gasteiger charge is -2.28. The van der Waals surface area contributed by atoms with Crippen LogP contribution >= 0.6 is 0 Å². The van der Waals surface area contributed by atoms with E-state index in [0.29, 0.717) is 6.04 Å². The Balaban J connectivity index is 1.89. The standard InChI is InChI=1S/C15H21N3/c1-3-18-15-7-5-12(8-13(15)10-17-18)14-6-4-11(2)9-16-14/h5,7-8,10-11,14,16H,3-4,6,9H2,1-2H3/t11-,14+/m0/s1. The Bertz CT molecular complexity index is 536. The van der Waals surface area contributed by atoms with Crippen LogP contribution < -0.4 is 5.32 Å². The van der Waals surface area contributed by atoms with Crippen molar-refractivity contribution in [2.24, 2.45) is 5.92 Å². The van der Waals surface area contributed by atoms with Crippen molar-refractivity contribution in [3.63, 3.8) is 0 Å². The Kier molecular flexibility index (Phi) is 3.08. The molecule has 18 heavy (non-hydrogen) atoms. The highest BCUT2D eigenvalue weighted by molar-refractivity contribution is 5.79. The number of nitrogens with zero attached hydrogens (tertiary/aromatic N) is 2. The molecule has 1 fully saturated rings. The fraction of sp³-hybridized carbons (Fsp3) is 0.533. The van der Waals surface area contributed by atoms with Crippen LogP contribution in [0.15, 0.2) is 24.4 Å². The van der Waals surface area contributed by atoms with Gasteiger partial charge in [-0.25, -0.2) is 0 Å². The summed E-state index contributed by atoms with van der Waals surface area (Å²) in [6.07, 6.45) is 4.55. The molecular formula is C15H21N3. The van der Waals surface area contributed by atoms with Crippen molar-refractivity contribution < 1.29 is 0 Å². The average Bonchev–Trinajstić information content (AvgIpc) is 2.81. The van der Waals surface area contributed by atoms with Crippen molar-refractivity contribution >= 4 is 10.9 Å². The number of hydrogen-bond donors (Lipinski definition) is 1. The van der Waals surface area contributed by atoms with Crippen molar-refractivity contribution in [3.05, 3.63) is 30.0 Å². The predicted molar refractivity (Wildman–Crippen MR) is 74.5 cm³/mol. The first-order valence-corrected chi connectivity index (χ1v) is 6.96. The number of rotatable bonds is 2. The molecule has 2 aromatic rings. The fourth-order valence-corrected chi connectivity index (χ4v) is 2.86. The molecule has 0 radical (unpaired) electrons. The minimum absolute atomic E-state index is 0.524. The summed E-state index contributed by atoms with van der Waals surface area (Å²) >= 11 is 0. The van der Waals surface area contributed by atoms with E-state index < -0.39 is 0 Å². The quantitative estimate of drug-likeness (QED) is 0.878. The first kappa shape index (κ1) is 11.7. The third kappa shape index (κ3) is 2.03. The molecule has 1 aliphatic rings. The van der Waals surface area contributed by atoms with Crippen LogP contribution in [0.2, 0.25) is 0 Å². The zero-order valence-electron chi connectivity index (χ0n) is 11.2. The van der Waals surface area contributed by atoms with Gasteiger partial charge in [0, 0.05) is 18.0 Å². The minimum Gasteiger partial charge on any atom is -0.310 e. The van der Waals surface area contributed by atoms with Gasteiger partial charge in [-0.2, -0.15) is 5.10 Å². The number of aryl methyl sites for hydroxylation is 1. The first-order chi connectivity index (χ1) is 8.78. The molecule has 1 aliphatic heterocycles. The highest BCUT2D eigenvalue weighted by atomic mass is 15.3. The number of piperidine rings is 1. The molecule has 0 unspecified atom stereocenters. The highest BCUT2D eigenvalue weighted by Crippen LogP contribution is 2.27. The fourth-order valence-electron chi connectivity index (χ4n) is 2.86. The molecular weight excluding hydrogens is 222 g/mol. The zero-order chi connectivity index (χ0) is 12.5. The molecule has 3 heteroatoms. The van der Waals surface area contributed by atoms with E-state index in [9.17, 15) is 0 Å². The molecule has 2 heterocycles. The zero-order valence-corrected chi connectivity index (χ0v) is 11.2. The number of hydrogen-bond acceptors (Lipinski definition) is 2. The summed E-state index contributed by atoms with van der Waals surface area (Å²) in [6.45, 7) is 6.51. The van der Waals surface area contributed by atoms with Crippen molar-refractivity contribution in [1.29, 1.82) is 0 Å². The first-order valence-electron chi connectivity index (χ1n) is 6.96. The Hall–Kier alpha value is -1.35. The van der Waals surface area contributed by atoms with Gasteiger partial charge < -0.3 is 5.32 Å². The number of fused-ring (bicyclic) bond motifs is 1. The molecule has 3 nitrogen and oxygen atoms in total. The van der Waals surface area contributed by atoms with Crippen LogP contribution in [0.25, 0.3) is 10.9 Å². The van der Waals surface area contributed by atoms with Crippen molar-refractivity contribution in [2.45, 2.75) is 39.3 Å². The molecule has 1 saturated heterocycles. The van der Waals surface area contributed by atoms with Gasteiger partial charge in [0.1, 0.15) is 0 Å². The maximum atomic E-state index is 4.41. The Morgan fingerprint density at radius 3 is 3.00 bits per heavy atom. The summed E-state index contributed by atoms with van der Waals surface area (Å²) < 4.78 is 2.05. The summed E-state index contributed by atoms with van der Waals surface area (Å²) in [7, 11) is 0. The van der Waals surface area contributed by atoms with Crippen LogP contribution in [0, 0.1) is 5.92 Å². The smallest absolute Gasteiger partial charge is 0.0682 e. The molecule has 0 aliphatic carbocycles. The second-order valence-corrected chi connectivity index (χ2v) is 5.42. The molecule has 0 spiro atoms. The van der Waals surface area contributed by atoms with Crippen molar-refractivity contribution in [2.75, 3.05) is 6.54 Å². The lowest BCUT2D eigenvalue weighted by Crippen LogP contribution is -2.31. The molecule has 0 saturated carbocycles. The van der Waals surface area contributed by atoms with Crippen LogP contribution in [0.1, 0.15) is 38.3 Å². The normalized spacial score (nSPS) is 24.6. The van der Waals surface area contributed by atoms with E-state index in [-0.39, 0.29) is 0 Å². The average molecular weight is 243 g/mol. The third-order valence-corrected chi connectivity index (χ3v) is 4.03. The Morgan fingerprint density at radius 1 is 1.39 bits per heavy atom. The lowest BCUT2D eigenvalue weighted by molar-refractivity contribution is 0.333. The van der Waals surface area contributed by atoms with E-state index in [2.05, 4.69) is 47.1 Å². The highest BCUT2D eigenvalue weighted by Gasteiger charge is 2.19. The van der Waals surface area contributed by atoms with Gasteiger partial charge in [-0.15, -0.1) is 0 Å². The minimum atomic E-state index is 0.524. The molecule has 96 valence electrons. The predicted octanol–water partition coefficient (Wildman–Crippen LogP) is 3.12. The maximum Gasteiger partial charge on any atom is 0.0682 e. The summed E-state index contributed by atoms with van der Waals surface area (Å²) in [5, 5.41) is 9.31. The second-order valence-electron chi connectivity index (χ2n) is 5.42. The Labute approximate surface area is 108 Å². The molecule has 0 bridgehead atoms. The van der Waals surface area contributed by atoms with E-state index in [1.165, 1.54) is 29.3 Å². The van der Waals surface area contributed by atoms with E-state index in [1.807, 2.05) is 6.20 Å². The number of aromatic nitrogens is 2. The van der Waals surface area contributed by atoms with Crippen LogP contribution in [0.4, 0.5) is 0 Å². The Morgan fingerprint density at radius 2 is 2.28 bits per heavy atom. The van der Waals surface area contributed by atoms with E-state index >= 15 is 0 Å². The largest absolute Gasteiger partial charge is 0.310 e. The summed E-state index contributed by atoms with van der Waals surface area (Å²) in [4.78, 5) is 0. The van der Waals surface area contributed by atoms with Crippen molar-refractivity contribution in [1.82, 2.24) is 15.1 Å². The van der Waals surface area contributed by atoms with Crippen LogP contribution in [0.3, 0.4) is 0 Å². The van der Waals surface area contributed by atoms with Gasteiger partial charge in [0.15, 0.2) is 0 Å². The molecule has 2 atom stereocenters. The van der Waals surface area contributed by atoms with Crippen LogP contribution in [-0.4, -0.2) is 16.3 Å². The summed E-state index contributed by atoms with van der Waals surface area (Å²) in [5.41, 5.74) is 2.65. The second kappa shape index (κ2) is 4.73. The molecule has 3 rings (SSSR count). The van der Waals surface area contributed by atoms with Crippen LogP contribution in [-0.2, 0) is 6.54 Å². The lowest BCUT2D eigenvalue weighted by atomic mass is 9.92. The molecule has 0 amide bonds. The van der Waals surface area contributed by atoms with Gasteiger partial charge in [0.25, 0.3) is 0 Å². The molecule has 1 N–H and O–H groups in total. The van der Waals surface area contributed by atoms with Gasteiger partial charge in [-0.05, 0) is 49.9 Å². The molecule has 1 aromatic heterocycles. The van der Waals surface area contributed by atoms with Gasteiger partial charge in [0.05, 0.1) is 11.7 Å². The topological polar surface area (TPSA) is 29.9 Å². The van der Waals surface area contributed by atoms with Gasteiger partial charge in [-0.1, -0.05) is 13.0 Å². The van der Waals surface area contributed by atoms with Crippen molar-refractivity contribution in [3.8, 4) is 0 Å². The number of nitrogens with one attached hydrogen (secondary N) is 1. The number of benzene rings is 1. The van der Waals surface area contributed by atoms with Gasteiger partial charge in [-0.3, -0.25) is 4.68 Å². The summed E-state index contributed by atoms with van der Waals surface area (Å²) in [6, 6.07) is 7.28. The monoisotopic (exact) mass is 243 g/mol. The van der Waals surface area contributed by atoms with Gasteiger partial charge >= 0.3 is 0 Å². The molecule has 1 aromatic carbocycles.